The Labute approximate surface area is 186 Å². The molecule has 160 valence electrons. The predicted octanol–water partition coefficient (Wildman–Crippen LogP) is 4.63. The van der Waals surface area contributed by atoms with E-state index < -0.39 is 0 Å². The van der Waals surface area contributed by atoms with Crippen LogP contribution in [0.2, 0.25) is 0 Å². The number of amides is 2. The molecule has 0 aliphatic carbocycles. The minimum Gasteiger partial charge on any atom is -0.350 e. The Bertz CT molecular complexity index is 1090. The predicted molar refractivity (Wildman–Crippen MR) is 123 cm³/mol. The number of nitrogens with one attached hydrogen (secondary N) is 1. The van der Waals surface area contributed by atoms with Gasteiger partial charge in [-0.3, -0.25) is 9.59 Å². The molecule has 2 aromatic carbocycles. The number of carbonyl (C=O) groups excluding carboxylic acids is 2. The summed E-state index contributed by atoms with van der Waals surface area (Å²) >= 11 is 1.63. The van der Waals surface area contributed by atoms with Crippen molar-refractivity contribution in [3.8, 4) is 0 Å². The highest BCUT2D eigenvalue weighted by atomic mass is 32.1. The highest BCUT2D eigenvalue weighted by Crippen LogP contribution is 2.36. The average molecular weight is 434 g/mol. The Balaban J connectivity index is 1.33. The number of rotatable bonds is 6. The lowest BCUT2D eigenvalue weighted by atomic mass is 9.83. The summed E-state index contributed by atoms with van der Waals surface area (Å²) in [7, 11) is 0. The van der Waals surface area contributed by atoms with Gasteiger partial charge in [0.05, 0.1) is 6.04 Å². The van der Waals surface area contributed by atoms with Gasteiger partial charge in [0.25, 0.3) is 0 Å². The zero-order valence-electron chi connectivity index (χ0n) is 17.5. The molecule has 5 rings (SSSR count). The fraction of sp³-hybridized carbons (Fsp3) is 0.400. The number of benzene rings is 2. The molecule has 1 N–H and O–H groups in total. The Morgan fingerprint density at radius 3 is 2.90 bits per heavy atom. The lowest BCUT2D eigenvalue weighted by Gasteiger charge is -2.31. The standard InChI is InChI=1S/C25H27N3O2S/c29-22-10-12-25(27-22,17-19-7-3-6-18-5-1-2-8-20(18)19)13-11-23(30)28-15-4-9-21(28)24-26-14-16-31-24/h1-3,5-8,14,16,21H,4,9-13,15,17H2,(H,27,29)/t21-,25+/m1/s1. The highest BCUT2D eigenvalue weighted by Gasteiger charge is 2.39. The molecule has 1 aromatic heterocycles. The van der Waals surface area contributed by atoms with Crippen LogP contribution in [0.4, 0.5) is 0 Å². The van der Waals surface area contributed by atoms with E-state index in [4.69, 9.17) is 0 Å². The highest BCUT2D eigenvalue weighted by molar-refractivity contribution is 7.09. The van der Waals surface area contributed by atoms with Gasteiger partial charge in [0.1, 0.15) is 5.01 Å². The SMILES string of the molecule is O=C1CC[C@](CCC(=O)N2CCC[C@@H]2c2nccs2)(Cc2cccc3ccccc23)N1. The van der Waals surface area contributed by atoms with Crippen molar-refractivity contribution in [2.45, 2.75) is 56.5 Å². The first-order valence-electron chi connectivity index (χ1n) is 11.1. The second-order valence-corrected chi connectivity index (χ2v) is 9.69. The number of fused-ring (bicyclic) bond motifs is 1. The lowest BCUT2D eigenvalue weighted by Crippen LogP contribution is -2.45. The maximum absolute atomic E-state index is 13.2. The molecule has 2 fully saturated rings. The zero-order valence-corrected chi connectivity index (χ0v) is 18.4. The summed E-state index contributed by atoms with van der Waals surface area (Å²) in [5.74, 6) is 0.269. The first-order chi connectivity index (χ1) is 15.1. The molecule has 2 aliphatic rings. The van der Waals surface area contributed by atoms with Crippen molar-refractivity contribution in [1.82, 2.24) is 15.2 Å². The van der Waals surface area contributed by atoms with E-state index in [0.29, 0.717) is 19.3 Å². The molecule has 2 saturated heterocycles. The number of nitrogens with zero attached hydrogens (tertiary/aromatic N) is 2. The number of aromatic nitrogens is 1. The number of hydrogen-bond acceptors (Lipinski definition) is 4. The average Bonchev–Trinajstić information content (AvgIpc) is 3.54. The van der Waals surface area contributed by atoms with E-state index in [-0.39, 0.29) is 23.4 Å². The maximum Gasteiger partial charge on any atom is 0.223 e. The van der Waals surface area contributed by atoms with E-state index in [0.717, 1.165) is 37.2 Å². The van der Waals surface area contributed by atoms with Crippen molar-refractivity contribution in [3.63, 3.8) is 0 Å². The van der Waals surface area contributed by atoms with E-state index in [1.165, 1.54) is 16.3 Å². The first kappa shape index (κ1) is 20.2. The summed E-state index contributed by atoms with van der Waals surface area (Å²) in [5, 5.41) is 8.68. The van der Waals surface area contributed by atoms with Crippen LogP contribution < -0.4 is 5.32 Å². The topological polar surface area (TPSA) is 62.3 Å². The van der Waals surface area contributed by atoms with Crippen LogP contribution in [0.5, 0.6) is 0 Å². The van der Waals surface area contributed by atoms with E-state index in [9.17, 15) is 9.59 Å². The number of hydrogen-bond donors (Lipinski definition) is 1. The molecule has 0 radical (unpaired) electrons. The first-order valence-corrected chi connectivity index (χ1v) is 12.0. The van der Waals surface area contributed by atoms with Crippen LogP contribution in [0.3, 0.4) is 0 Å². The molecule has 2 aliphatic heterocycles. The molecule has 3 heterocycles. The van der Waals surface area contributed by atoms with Gasteiger partial charge in [-0.2, -0.15) is 0 Å². The molecule has 2 amide bonds. The van der Waals surface area contributed by atoms with Gasteiger partial charge in [-0.1, -0.05) is 42.5 Å². The third-order valence-electron chi connectivity index (χ3n) is 6.77. The van der Waals surface area contributed by atoms with E-state index >= 15 is 0 Å². The summed E-state index contributed by atoms with van der Waals surface area (Å²) in [6, 6.07) is 14.8. The largest absolute Gasteiger partial charge is 0.350 e. The minimum absolute atomic E-state index is 0.0921. The van der Waals surface area contributed by atoms with Gasteiger partial charge in [0, 0.05) is 36.5 Å². The zero-order chi connectivity index (χ0) is 21.3. The summed E-state index contributed by atoms with van der Waals surface area (Å²) < 4.78 is 0. The molecule has 0 unspecified atom stereocenters. The molecule has 0 bridgehead atoms. The summed E-state index contributed by atoms with van der Waals surface area (Å²) in [4.78, 5) is 31.8. The Morgan fingerprint density at radius 1 is 1.23 bits per heavy atom. The molecular formula is C25H27N3O2S. The van der Waals surface area contributed by atoms with Crippen molar-refractivity contribution in [3.05, 3.63) is 64.6 Å². The van der Waals surface area contributed by atoms with Gasteiger partial charge in [0.2, 0.25) is 11.8 Å². The van der Waals surface area contributed by atoms with E-state index in [2.05, 4.69) is 46.7 Å². The molecule has 6 heteroatoms. The Kier molecular flexibility index (Phi) is 5.48. The van der Waals surface area contributed by atoms with Gasteiger partial charge in [-0.15, -0.1) is 11.3 Å². The third-order valence-corrected chi connectivity index (χ3v) is 7.65. The van der Waals surface area contributed by atoms with Crippen molar-refractivity contribution < 1.29 is 9.59 Å². The maximum atomic E-state index is 13.2. The monoisotopic (exact) mass is 433 g/mol. The Morgan fingerprint density at radius 2 is 2.10 bits per heavy atom. The summed E-state index contributed by atoms with van der Waals surface area (Å²) in [5.41, 5.74) is 0.877. The number of likely N-dealkylation sites (tertiary alicyclic amines) is 1. The van der Waals surface area contributed by atoms with Crippen LogP contribution in [-0.4, -0.2) is 33.8 Å². The van der Waals surface area contributed by atoms with Crippen LogP contribution in [-0.2, 0) is 16.0 Å². The molecular weight excluding hydrogens is 406 g/mol. The van der Waals surface area contributed by atoms with Crippen molar-refractivity contribution in [1.29, 1.82) is 0 Å². The minimum atomic E-state index is -0.354. The van der Waals surface area contributed by atoms with E-state index in [1.54, 1.807) is 11.3 Å². The summed E-state index contributed by atoms with van der Waals surface area (Å²) in [6.45, 7) is 0.797. The van der Waals surface area contributed by atoms with Gasteiger partial charge in [-0.05, 0) is 48.4 Å². The fourth-order valence-electron chi connectivity index (χ4n) is 5.20. The quantitative estimate of drug-likeness (QED) is 0.616. The molecule has 2 atom stereocenters. The van der Waals surface area contributed by atoms with Crippen LogP contribution in [0.15, 0.2) is 54.0 Å². The van der Waals surface area contributed by atoms with Gasteiger partial charge in [-0.25, -0.2) is 4.98 Å². The second kappa shape index (κ2) is 8.42. The van der Waals surface area contributed by atoms with Gasteiger partial charge in [0.15, 0.2) is 0 Å². The number of thiazole rings is 1. The smallest absolute Gasteiger partial charge is 0.223 e. The summed E-state index contributed by atoms with van der Waals surface area (Å²) in [6.07, 6.45) is 7.00. The van der Waals surface area contributed by atoms with Crippen molar-refractivity contribution >= 4 is 33.9 Å². The molecule has 31 heavy (non-hydrogen) atoms. The fourth-order valence-corrected chi connectivity index (χ4v) is 5.99. The van der Waals surface area contributed by atoms with Gasteiger partial charge >= 0.3 is 0 Å². The second-order valence-electron chi connectivity index (χ2n) is 8.76. The molecule has 3 aromatic rings. The molecule has 0 saturated carbocycles. The van der Waals surface area contributed by atoms with Crippen LogP contribution in [0.25, 0.3) is 10.8 Å². The normalized spacial score (nSPS) is 23.4. The van der Waals surface area contributed by atoms with E-state index in [1.807, 2.05) is 22.5 Å². The van der Waals surface area contributed by atoms with Crippen molar-refractivity contribution in [2.75, 3.05) is 6.54 Å². The molecule has 0 spiro atoms. The number of carbonyl (C=O) groups is 2. The third kappa shape index (κ3) is 4.09. The molecule has 5 nitrogen and oxygen atoms in total. The lowest BCUT2D eigenvalue weighted by molar-refractivity contribution is -0.132. The van der Waals surface area contributed by atoms with Crippen LogP contribution in [0.1, 0.15) is 55.1 Å². The van der Waals surface area contributed by atoms with Gasteiger partial charge < -0.3 is 10.2 Å². The van der Waals surface area contributed by atoms with Crippen molar-refractivity contribution in [2.24, 2.45) is 0 Å². The van der Waals surface area contributed by atoms with Crippen LogP contribution in [0, 0.1) is 0 Å². The Hall–Kier alpha value is -2.73. The van der Waals surface area contributed by atoms with Crippen LogP contribution >= 0.6 is 11.3 Å².